The van der Waals surface area contributed by atoms with E-state index in [0.717, 1.165) is 0 Å². The highest BCUT2D eigenvalue weighted by molar-refractivity contribution is 6.17. The Bertz CT molecular complexity index is 176. The average Bonchev–Trinajstić information content (AvgIpc) is 2.38. The molecule has 0 aromatic carbocycles. The lowest BCUT2D eigenvalue weighted by atomic mass is 10.2. The molecule has 1 rings (SSSR count). The Morgan fingerprint density at radius 3 is 3.10 bits per heavy atom. The molecule has 1 aromatic heterocycles. The molecule has 1 atom stereocenters. The SMILES string of the molecule is OC(CCCl)c1ccon1. The number of rotatable bonds is 3. The van der Waals surface area contributed by atoms with Crippen LogP contribution in [0.4, 0.5) is 0 Å². The molecule has 0 radical (unpaired) electrons. The molecule has 0 fully saturated rings. The molecule has 10 heavy (non-hydrogen) atoms. The highest BCUT2D eigenvalue weighted by atomic mass is 35.5. The van der Waals surface area contributed by atoms with Crippen molar-refractivity contribution >= 4 is 11.6 Å². The molecule has 1 N–H and O–H groups in total. The summed E-state index contributed by atoms with van der Waals surface area (Å²) in [6.07, 6.45) is 1.34. The Kier molecular flexibility index (Phi) is 2.71. The van der Waals surface area contributed by atoms with Crippen LogP contribution in [0.25, 0.3) is 0 Å². The van der Waals surface area contributed by atoms with Crippen LogP contribution < -0.4 is 0 Å². The predicted molar refractivity (Wildman–Crippen MR) is 36.8 cm³/mol. The van der Waals surface area contributed by atoms with Crippen molar-refractivity contribution in [1.82, 2.24) is 5.16 Å². The normalized spacial score (nSPS) is 13.4. The van der Waals surface area contributed by atoms with Gasteiger partial charge >= 0.3 is 0 Å². The van der Waals surface area contributed by atoms with Crippen molar-refractivity contribution < 1.29 is 9.63 Å². The van der Waals surface area contributed by atoms with Crippen LogP contribution in [0.15, 0.2) is 16.9 Å². The first-order chi connectivity index (χ1) is 4.84. The number of hydrogen-bond donors (Lipinski definition) is 1. The fourth-order valence-electron chi connectivity index (χ4n) is 0.645. The highest BCUT2D eigenvalue weighted by Gasteiger charge is 2.08. The second-order valence-electron chi connectivity index (χ2n) is 1.92. The van der Waals surface area contributed by atoms with Gasteiger partial charge in [0, 0.05) is 11.9 Å². The maximum Gasteiger partial charge on any atom is 0.124 e. The van der Waals surface area contributed by atoms with Gasteiger partial charge in [-0.25, -0.2) is 0 Å². The van der Waals surface area contributed by atoms with Gasteiger partial charge in [-0.2, -0.15) is 0 Å². The van der Waals surface area contributed by atoms with Crippen LogP contribution in [0.3, 0.4) is 0 Å². The molecular formula is C6H8ClNO2. The molecule has 0 amide bonds. The summed E-state index contributed by atoms with van der Waals surface area (Å²) in [5, 5.41) is 12.8. The molecule has 1 heterocycles. The third kappa shape index (κ3) is 1.72. The van der Waals surface area contributed by atoms with E-state index in [1.165, 1.54) is 6.26 Å². The molecule has 0 saturated heterocycles. The van der Waals surface area contributed by atoms with E-state index in [1.807, 2.05) is 0 Å². The van der Waals surface area contributed by atoms with Crippen LogP contribution in [0.1, 0.15) is 18.2 Å². The van der Waals surface area contributed by atoms with Gasteiger partial charge < -0.3 is 9.63 Å². The molecule has 0 spiro atoms. The zero-order valence-corrected chi connectivity index (χ0v) is 6.08. The van der Waals surface area contributed by atoms with Crippen LogP contribution >= 0.6 is 11.6 Å². The van der Waals surface area contributed by atoms with E-state index >= 15 is 0 Å². The van der Waals surface area contributed by atoms with Crippen LogP contribution in [0.5, 0.6) is 0 Å². The third-order valence-electron chi connectivity index (χ3n) is 1.18. The largest absolute Gasteiger partial charge is 0.387 e. The van der Waals surface area contributed by atoms with Gasteiger partial charge in [0.2, 0.25) is 0 Å². The molecule has 4 heteroatoms. The number of halogens is 1. The van der Waals surface area contributed by atoms with Crippen molar-refractivity contribution in [1.29, 1.82) is 0 Å². The van der Waals surface area contributed by atoms with Gasteiger partial charge in [-0.05, 0) is 6.42 Å². The summed E-state index contributed by atoms with van der Waals surface area (Å²) < 4.78 is 4.53. The number of aliphatic hydroxyl groups excluding tert-OH is 1. The molecule has 0 aliphatic heterocycles. The Morgan fingerprint density at radius 2 is 2.60 bits per heavy atom. The topological polar surface area (TPSA) is 46.3 Å². The maximum atomic E-state index is 9.20. The Balaban J connectivity index is 2.50. The molecule has 1 aromatic rings. The molecule has 56 valence electrons. The van der Waals surface area contributed by atoms with Crippen molar-refractivity contribution in [3.63, 3.8) is 0 Å². The zero-order valence-electron chi connectivity index (χ0n) is 5.33. The van der Waals surface area contributed by atoms with Gasteiger partial charge in [0.25, 0.3) is 0 Å². The molecule has 0 saturated carbocycles. The van der Waals surface area contributed by atoms with E-state index in [1.54, 1.807) is 6.07 Å². The van der Waals surface area contributed by atoms with E-state index in [-0.39, 0.29) is 0 Å². The molecule has 0 aliphatic carbocycles. The average molecular weight is 162 g/mol. The summed E-state index contributed by atoms with van der Waals surface area (Å²) in [7, 11) is 0. The quantitative estimate of drug-likeness (QED) is 0.681. The van der Waals surface area contributed by atoms with Gasteiger partial charge in [-0.3, -0.25) is 0 Å². The smallest absolute Gasteiger partial charge is 0.124 e. The van der Waals surface area contributed by atoms with Crippen LogP contribution in [-0.2, 0) is 0 Å². The standard InChI is InChI=1S/C6H8ClNO2/c7-3-1-6(9)5-2-4-10-8-5/h2,4,6,9H,1,3H2. The first-order valence-electron chi connectivity index (χ1n) is 2.99. The summed E-state index contributed by atoms with van der Waals surface area (Å²) in [6.45, 7) is 0. The first-order valence-corrected chi connectivity index (χ1v) is 3.52. The second kappa shape index (κ2) is 3.58. The van der Waals surface area contributed by atoms with E-state index in [0.29, 0.717) is 18.0 Å². The molecule has 3 nitrogen and oxygen atoms in total. The van der Waals surface area contributed by atoms with Gasteiger partial charge in [0.15, 0.2) is 0 Å². The summed E-state index contributed by atoms with van der Waals surface area (Å²) in [5.74, 6) is 0.425. The van der Waals surface area contributed by atoms with Gasteiger partial charge in [0.1, 0.15) is 18.1 Å². The Hall–Kier alpha value is -0.540. The summed E-state index contributed by atoms with van der Waals surface area (Å²) in [5.41, 5.74) is 0.542. The van der Waals surface area contributed by atoms with Crippen molar-refractivity contribution in [2.45, 2.75) is 12.5 Å². The minimum absolute atomic E-state index is 0.425. The fraction of sp³-hybridized carbons (Fsp3) is 0.500. The number of alkyl halides is 1. The summed E-state index contributed by atoms with van der Waals surface area (Å²) in [6, 6.07) is 1.62. The third-order valence-corrected chi connectivity index (χ3v) is 1.40. The van der Waals surface area contributed by atoms with Crippen molar-refractivity contribution in [3.8, 4) is 0 Å². The van der Waals surface area contributed by atoms with Gasteiger partial charge in [-0.1, -0.05) is 5.16 Å². The maximum absolute atomic E-state index is 9.20. The Morgan fingerprint density at radius 1 is 1.80 bits per heavy atom. The van der Waals surface area contributed by atoms with E-state index in [9.17, 15) is 5.11 Å². The summed E-state index contributed by atoms with van der Waals surface area (Å²) >= 11 is 5.39. The van der Waals surface area contributed by atoms with Crippen LogP contribution in [0.2, 0.25) is 0 Å². The zero-order chi connectivity index (χ0) is 7.40. The number of aromatic nitrogens is 1. The van der Waals surface area contributed by atoms with Crippen molar-refractivity contribution in [2.24, 2.45) is 0 Å². The lowest BCUT2D eigenvalue weighted by molar-refractivity contribution is 0.164. The molecule has 0 bridgehead atoms. The molecular weight excluding hydrogens is 154 g/mol. The molecule has 1 unspecified atom stereocenters. The number of nitrogens with zero attached hydrogens (tertiary/aromatic N) is 1. The van der Waals surface area contributed by atoms with E-state index in [2.05, 4.69) is 9.68 Å². The minimum Gasteiger partial charge on any atom is -0.387 e. The van der Waals surface area contributed by atoms with Gasteiger partial charge in [-0.15, -0.1) is 11.6 Å². The predicted octanol–water partition coefficient (Wildman–Crippen LogP) is 1.34. The number of hydrogen-bond acceptors (Lipinski definition) is 3. The van der Waals surface area contributed by atoms with E-state index < -0.39 is 6.10 Å². The van der Waals surface area contributed by atoms with Gasteiger partial charge in [0.05, 0.1) is 0 Å². The second-order valence-corrected chi connectivity index (χ2v) is 2.30. The van der Waals surface area contributed by atoms with Crippen molar-refractivity contribution in [3.05, 3.63) is 18.0 Å². The van der Waals surface area contributed by atoms with Crippen molar-refractivity contribution in [2.75, 3.05) is 5.88 Å². The first kappa shape index (κ1) is 7.57. The number of aliphatic hydroxyl groups is 1. The monoisotopic (exact) mass is 161 g/mol. The summed E-state index contributed by atoms with van der Waals surface area (Å²) in [4.78, 5) is 0. The molecule has 0 aliphatic rings. The lowest BCUT2D eigenvalue weighted by Crippen LogP contribution is -1.97. The lowest BCUT2D eigenvalue weighted by Gasteiger charge is -2.01. The fourth-order valence-corrected chi connectivity index (χ4v) is 0.852. The Labute approximate surface area is 63.6 Å². The minimum atomic E-state index is -0.587. The van der Waals surface area contributed by atoms with Crippen LogP contribution in [0, 0.1) is 0 Å². The highest BCUT2D eigenvalue weighted by Crippen LogP contribution is 2.13. The van der Waals surface area contributed by atoms with Crippen LogP contribution in [-0.4, -0.2) is 16.1 Å². The van der Waals surface area contributed by atoms with E-state index in [4.69, 9.17) is 11.6 Å².